The van der Waals surface area contributed by atoms with Crippen molar-refractivity contribution in [2.45, 2.75) is 39.7 Å². The average Bonchev–Trinajstić information content (AvgIpc) is 3.02. The van der Waals surface area contributed by atoms with Crippen molar-refractivity contribution >= 4 is 17.6 Å². The van der Waals surface area contributed by atoms with E-state index in [9.17, 15) is 4.79 Å². The summed E-state index contributed by atoms with van der Waals surface area (Å²) >= 11 is 0. The Morgan fingerprint density at radius 2 is 1.84 bits per heavy atom. The van der Waals surface area contributed by atoms with Gasteiger partial charge in [-0.15, -0.1) is 0 Å². The molecule has 7 nitrogen and oxygen atoms in total. The van der Waals surface area contributed by atoms with Crippen LogP contribution in [-0.4, -0.2) is 38.2 Å². The number of rotatable bonds is 8. The molecule has 166 valence electrons. The Labute approximate surface area is 184 Å². The first-order valence-corrected chi connectivity index (χ1v) is 10.9. The third kappa shape index (κ3) is 7.20. The van der Waals surface area contributed by atoms with Gasteiger partial charge in [0.1, 0.15) is 0 Å². The topological polar surface area (TPSA) is 84.0 Å². The Hall–Kier alpha value is -3.22. The molecule has 1 amide bonds. The van der Waals surface area contributed by atoms with Crippen molar-refractivity contribution in [3.8, 4) is 11.5 Å². The lowest BCUT2D eigenvalue weighted by atomic mass is 10.1. The number of anilines is 1. The fourth-order valence-electron chi connectivity index (χ4n) is 3.12. The number of hydrogen-bond donors (Lipinski definition) is 3. The summed E-state index contributed by atoms with van der Waals surface area (Å²) < 4.78 is 11.5. The number of fused-ring (bicyclic) bond motifs is 1. The van der Waals surface area contributed by atoms with E-state index in [0.29, 0.717) is 45.2 Å². The molecule has 0 saturated carbocycles. The van der Waals surface area contributed by atoms with Crippen LogP contribution in [0.25, 0.3) is 0 Å². The Kier molecular flexibility index (Phi) is 8.58. The molecule has 0 unspecified atom stereocenters. The van der Waals surface area contributed by atoms with Crippen LogP contribution in [0.2, 0.25) is 0 Å². The van der Waals surface area contributed by atoms with Gasteiger partial charge in [-0.2, -0.15) is 0 Å². The number of guanidine groups is 1. The molecule has 0 atom stereocenters. The van der Waals surface area contributed by atoms with Gasteiger partial charge in [-0.05, 0) is 36.6 Å². The standard InChI is InChI=1S/C24H32N4O3/c1-3-12-25-23(29)11-13-26-24(27-17-19-8-5-4-7-18(19)2)28-20-9-10-21-22(16-20)31-15-6-14-30-21/h4-5,7-10,16H,3,6,11-15,17H2,1-2H3,(H,25,29)(H2,26,27,28). The number of hydrogen-bond acceptors (Lipinski definition) is 4. The molecule has 31 heavy (non-hydrogen) atoms. The second kappa shape index (κ2) is 11.8. The van der Waals surface area contributed by atoms with Gasteiger partial charge in [-0.25, -0.2) is 4.99 Å². The first-order chi connectivity index (χ1) is 15.2. The number of carbonyl (C=O) groups is 1. The minimum Gasteiger partial charge on any atom is -0.490 e. The first-order valence-electron chi connectivity index (χ1n) is 10.9. The lowest BCUT2D eigenvalue weighted by molar-refractivity contribution is -0.120. The van der Waals surface area contributed by atoms with Crippen LogP contribution < -0.4 is 25.4 Å². The molecule has 3 N–H and O–H groups in total. The van der Waals surface area contributed by atoms with E-state index in [-0.39, 0.29) is 5.91 Å². The van der Waals surface area contributed by atoms with Crippen LogP contribution in [0.15, 0.2) is 47.5 Å². The van der Waals surface area contributed by atoms with Crippen LogP contribution in [0.3, 0.4) is 0 Å². The van der Waals surface area contributed by atoms with Gasteiger partial charge < -0.3 is 25.4 Å². The van der Waals surface area contributed by atoms with Crippen molar-refractivity contribution in [1.29, 1.82) is 0 Å². The smallest absolute Gasteiger partial charge is 0.221 e. The van der Waals surface area contributed by atoms with Crippen LogP contribution in [0.5, 0.6) is 11.5 Å². The summed E-state index contributed by atoms with van der Waals surface area (Å²) in [7, 11) is 0. The predicted molar refractivity (Wildman–Crippen MR) is 124 cm³/mol. The molecule has 0 aromatic heterocycles. The molecule has 1 heterocycles. The predicted octanol–water partition coefficient (Wildman–Crippen LogP) is 3.63. The van der Waals surface area contributed by atoms with Gasteiger partial charge in [-0.3, -0.25) is 4.79 Å². The second-order valence-electron chi connectivity index (χ2n) is 7.46. The van der Waals surface area contributed by atoms with Gasteiger partial charge in [0.15, 0.2) is 17.5 Å². The summed E-state index contributed by atoms with van der Waals surface area (Å²) in [6.45, 7) is 7.12. The Balaban J connectivity index is 1.69. The summed E-state index contributed by atoms with van der Waals surface area (Å²) in [4.78, 5) is 16.6. The molecule has 2 aromatic carbocycles. The third-order valence-corrected chi connectivity index (χ3v) is 4.90. The highest BCUT2D eigenvalue weighted by Crippen LogP contribution is 2.32. The van der Waals surface area contributed by atoms with Crippen molar-refractivity contribution in [2.75, 3.05) is 31.6 Å². The van der Waals surface area contributed by atoms with Crippen molar-refractivity contribution in [1.82, 2.24) is 10.6 Å². The molecular formula is C24H32N4O3. The van der Waals surface area contributed by atoms with E-state index < -0.39 is 0 Å². The molecule has 0 spiro atoms. The van der Waals surface area contributed by atoms with Gasteiger partial charge >= 0.3 is 0 Å². The monoisotopic (exact) mass is 424 g/mol. The summed E-state index contributed by atoms with van der Waals surface area (Å²) in [5.74, 6) is 2.12. The maximum absolute atomic E-state index is 11.9. The van der Waals surface area contributed by atoms with Gasteiger partial charge in [-0.1, -0.05) is 31.2 Å². The quantitative estimate of drug-likeness (QED) is 0.445. The molecule has 7 heteroatoms. The molecular weight excluding hydrogens is 392 g/mol. The number of ether oxygens (including phenoxy) is 2. The fraction of sp³-hybridized carbons (Fsp3) is 0.417. The molecule has 0 bridgehead atoms. The van der Waals surface area contributed by atoms with E-state index in [0.717, 1.165) is 35.6 Å². The van der Waals surface area contributed by atoms with Crippen LogP contribution >= 0.6 is 0 Å². The lowest BCUT2D eigenvalue weighted by Crippen LogP contribution is -2.35. The molecule has 2 aromatic rings. The summed E-state index contributed by atoms with van der Waals surface area (Å²) in [5, 5.41) is 9.48. The molecule has 1 aliphatic rings. The van der Waals surface area contributed by atoms with Crippen LogP contribution in [-0.2, 0) is 11.3 Å². The number of aryl methyl sites for hydroxylation is 1. The summed E-state index contributed by atoms with van der Waals surface area (Å²) in [5.41, 5.74) is 3.19. The Morgan fingerprint density at radius 1 is 1.03 bits per heavy atom. The average molecular weight is 425 g/mol. The zero-order chi connectivity index (χ0) is 21.9. The lowest BCUT2D eigenvalue weighted by Gasteiger charge is -2.15. The van der Waals surface area contributed by atoms with E-state index >= 15 is 0 Å². The molecule has 1 aliphatic heterocycles. The zero-order valence-electron chi connectivity index (χ0n) is 18.4. The number of nitrogens with one attached hydrogen (secondary N) is 3. The van der Waals surface area contributed by atoms with Crippen molar-refractivity contribution in [3.63, 3.8) is 0 Å². The minimum atomic E-state index is 0.0307. The van der Waals surface area contributed by atoms with E-state index in [4.69, 9.17) is 14.5 Å². The Bertz CT molecular complexity index is 898. The second-order valence-corrected chi connectivity index (χ2v) is 7.46. The van der Waals surface area contributed by atoms with Gasteiger partial charge in [0, 0.05) is 37.7 Å². The fourth-order valence-corrected chi connectivity index (χ4v) is 3.12. The maximum Gasteiger partial charge on any atom is 0.221 e. The Morgan fingerprint density at radius 3 is 2.65 bits per heavy atom. The number of amides is 1. The first kappa shape index (κ1) is 22.5. The SMILES string of the molecule is CCCNC(=O)CCNC(=NCc1ccccc1C)Nc1ccc2c(c1)OCCCO2. The van der Waals surface area contributed by atoms with Gasteiger partial charge in [0.2, 0.25) is 5.91 Å². The number of benzene rings is 2. The van der Waals surface area contributed by atoms with Crippen LogP contribution in [0.1, 0.15) is 37.3 Å². The number of aliphatic imine (C=N–C) groups is 1. The van der Waals surface area contributed by atoms with E-state index in [2.05, 4.69) is 35.0 Å². The van der Waals surface area contributed by atoms with Gasteiger partial charge in [0.05, 0.1) is 19.8 Å². The van der Waals surface area contributed by atoms with E-state index in [1.165, 1.54) is 5.56 Å². The highest BCUT2D eigenvalue weighted by Gasteiger charge is 2.12. The third-order valence-electron chi connectivity index (χ3n) is 4.90. The van der Waals surface area contributed by atoms with Crippen molar-refractivity contribution in [3.05, 3.63) is 53.6 Å². The number of carbonyl (C=O) groups excluding carboxylic acids is 1. The van der Waals surface area contributed by atoms with E-state index in [1.54, 1.807) is 0 Å². The molecule has 0 aliphatic carbocycles. The van der Waals surface area contributed by atoms with Crippen LogP contribution in [0, 0.1) is 6.92 Å². The van der Waals surface area contributed by atoms with Gasteiger partial charge in [0.25, 0.3) is 0 Å². The normalized spacial score (nSPS) is 13.3. The largest absolute Gasteiger partial charge is 0.490 e. The summed E-state index contributed by atoms with van der Waals surface area (Å²) in [6, 6.07) is 13.9. The zero-order valence-corrected chi connectivity index (χ0v) is 18.4. The number of nitrogens with zero attached hydrogens (tertiary/aromatic N) is 1. The highest BCUT2D eigenvalue weighted by molar-refractivity contribution is 5.94. The van der Waals surface area contributed by atoms with Crippen molar-refractivity contribution in [2.24, 2.45) is 4.99 Å². The van der Waals surface area contributed by atoms with Crippen molar-refractivity contribution < 1.29 is 14.3 Å². The maximum atomic E-state index is 11.9. The summed E-state index contributed by atoms with van der Waals surface area (Å²) in [6.07, 6.45) is 2.17. The highest BCUT2D eigenvalue weighted by atomic mass is 16.5. The molecule has 0 radical (unpaired) electrons. The molecule has 0 saturated heterocycles. The minimum absolute atomic E-state index is 0.0307. The molecule has 3 rings (SSSR count). The van der Waals surface area contributed by atoms with E-state index in [1.807, 2.05) is 37.3 Å². The molecule has 0 fully saturated rings. The van der Waals surface area contributed by atoms with Crippen LogP contribution in [0.4, 0.5) is 5.69 Å².